The molecule has 5 heteroatoms. The molecule has 21 heavy (non-hydrogen) atoms. The maximum absolute atomic E-state index is 5.90. The summed E-state index contributed by atoms with van der Waals surface area (Å²) in [6.07, 6.45) is 8.18. The Bertz CT molecular complexity index is 767. The van der Waals surface area contributed by atoms with Gasteiger partial charge in [0.1, 0.15) is 5.82 Å². The van der Waals surface area contributed by atoms with E-state index < -0.39 is 0 Å². The summed E-state index contributed by atoms with van der Waals surface area (Å²) < 4.78 is 4.50. The van der Waals surface area contributed by atoms with Gasteiger partial charge in [0.25, 0.3) is 0 Å². The summed E-state index contributed by atoms with van der Waals surface area (Å²) in [6.45, 7) is 3.14. The Labute approximate surface area is 123 Å². The van der Waals surface area contributed by atoms with E-state index in [1.807, 2.05) is 30.9 Å². The lowest BCUT2D eigenvalue weighted by Crippen LogP contribution is -2.14. The zero-order chi connectivity index (χ0) is 14.4. The summed E-state index contributed by atoms with van der Waals surface area (Å²) >= 11 is 0. The highest BCUT2D eigenvalue weighted by molar-refractivity contribution is 5.80. The van der Waals surface area contributed by atoms with Gasteiger partial charge in [-0.05, 0) is 38.0 Å². The normalized spacial score (nSPS) is 16.4. The Balaban J connectivity index is 1.79. The predicted molar refractivity (Wildman–Crippen MR) is 83.1 cm³/mol. The van der Waals surface area contributed by atoms with Gasteiger partial charge >= 0.3 is 0 Å². The van der Waals surface area contributed by atoms with Gasteiger partial charge in [0.05, 0.1) is 23.4 Å². The van der Waals surface area contributed by atoms with Crippen molar-refractivity contribution in [1.29, 1.82) is 0 Å². The van der Waals surface area contributed by atoms with Gasteiger partial charge in [-0.15, -0.1) is 0 Å². The minimum absolute atomic E-state index is 0.337. The average molecular weight is 281 g/mol. The van der Waals surface area contributed by atoms with Crippen LogP contribution >= 0.6 is 0 Å². The van der Waals surface area contributed by atoms with Crippen LogP contribution in [0.2, 0.25) is 0 Å². The zero-order valence-electron chi connectivity index (χ0n) is 12.1. The molecule has 3 aromatic rings. The first-order valence-electron chi connectivity index (χ1n) is 7.45. The molecule has 0 radical (unpaired) electrons. The van der Waals surface area contributed by atoms with Crippen LogP contribution in [0.3, 0.4) is 0 Å². The first-order valence-corrected chi connectivity index (χ1v) is 7.45. The fraction of sp³-hybridized carbons (Fsp3) is 0.375. The largest absolute Gasteiger partial charge is 0.399 e. The summed E-state index contributed by atoms with van der Waals surface area (Å²) in [6, 6.07) is 6.36. The Morgan fingerprint density at radius 1 is 1.38 bits per heavy atom. The van der Waals surface area contributed by atoms with E-state index in [2.05, 4.69) is 27.1 Å². The monoisotopic (exact) mass is 281 g/mol. The molecular weight excluding hydrogens is 262 g/mol. The number of hydrogen-bond donors (Lipinski definition) is 1. The van der Waals surface area contributed by atoms with Crippen molar-refractivity contribution in [1.82, 2.24) is 19.1 Å². The van der Waals surface area contributed by atoms with Gasteiger partial charge < -0.3 is 14.9 Å². The third kappa shape index (κ3) is 2.18. The van der Waals surface area contributed by atoms with Gasteiger partial charge in [0.15, 0.2) is 0 Å². The van der Waals surface area contributed by atoms with Crippen molar-refractivity contribution in [3.63, 3.8) is 0 Å². The van der Waals surface area contributed by atoms with Crippen molar-refractivity contribution >= 4 is 16.7 Å². The second kappa shape index (κ2) is 4.62. The number of imidazole rings is 2. The van der Waals surface area contributed by atoms with Gasteiger partial charge in [0.2, 0.25) is 0 Å². The number of nitrogens with zero attached hydrogens (tertiary/aromatic N) is 4. The van der Waals surface area contributed by atoms with Gasteiger partial charge in [-0.2, -0.15) is 0 Å². The maximum Gasteiger partial charge on any atom is 0.113 e. The lowest BCUT2D eigenvalue weighted by atomic mass is 10.2. The van der Waals surface area contributed by atoms with E-state index in [0.717, 1.165) is 17.7 Å². The van der Waals surface area contributed by atoms with E-state index in [4.69, 9.17) is 10.7 Å². The van der Waals surface area contributed by atoms with Crippen LogP contribution < -0.4 is 5.73 Å². The summed E-state index contributed by atoms with van der Waals surface area (Å²) in [5.41, 5.74) is 8.86. The highest BCUT2D eigenvalue weighted by atomic mass is 15.2. The van der Waals surface area contributed by atoms with Crippen molar-refractivity contribution in [3.8, 4) is 0 Å². The number of benzene rings is 1. The average Bonchev–Trinajstić information content (AvgIpc) is 3.05. The molecule has 1 aliphatic rings. The van der Waals surface area contributed by atoms with Gasteiger partial charge in [-0.25, -0.2) is 9.97 Å². The predicted octanol–water partition coefficient (Wildman–Crippen LogP) is 2.95. The molecule has 2 heterocycles. The molecule has 0 bridgehead atoms. The molecule has 0 aliphatic heterocycles. The molecule has 4 rings (SSSR count). The molecule has 2 N–H and O–H groups in total. The Morgan fingerprint density at radius 3 is 2.95 bits per heavy atom. The van der Waals surface area contributed by atoms with Crippen LogP contribution in [-0.4, -0.2) is 19.1 Å². The first kappa shape index (κ1) is 12.4. The summed E-state index contributed by atoms with van der Waals surface area (Å²) in [5.74, 6) is 1.83. The smallest absolute Gasteiger partial charge is 0.113 e. The van der Waals surface area contributed by atoms with Crippen LogP contribution in [0.4, 0.5) is 5.69 Å². The minimum atomic E-state index is 0.337. The van der Waals surface area contributed by atoms with Crippen LogP contribution in [0, 0.1) is 0 Å². The standard InChI is InChI=1S/C16H19N5/c1-11(9-20-7-6-18-10-20)21-15-5-4-13(17)8-14(15)19-16(21)12-2-3-12/h4-8,10-12H,2-3,9,17H2,1H3. The molecule has 5 nitrogen and oxygen atoms in total. The van der Waals surface area contributed by atoms with E-state index in [-0.39, 0.29) is 0 Å². The number of hydrogen-bond acceptors (Lipinski definition) is 3. The lowest BCUT2D eigenvalue weighted by Gasteiger charge is -2.18. The SMILES string of the molecule is CC(Cn1ccnc1)n1c(C2CC2)nc2cc(N)ccc21. The molecule has 0 saturated heterocycles. The topological polar surface area (TPSA) is 61.7 Å². The van der Waals surface area contributed by atoms with Crippen LogP contribution in [0.1, 0.15) is 37.5 Å². The number of aromatic nitrogens is 4. The highest BCUT2D eigenvalue weighted by Gasteiger charge is 2.31. The molecule has 0 amide bonds. The molecule has 1 fully saturated rings. The van der Waals surface area contributed by atoms with Crippen molar-refractivity contribution < 1.29 is 0 Å². The molecule has 1 unspecified atom stereocenters. The second-order valence-corrected chi connectivity index (χ2v) is 5.97. The van der Waals surface area contributed by atoms with E-state index in [1.165, 1.54) is 24.2 Å². The fourth-order valence-electron chi connectivity index (χ4n) is 3.01. The summed E-state index contributed by atoms with van der Waals surface area (Å²) in [5, 5.41) is 0. The van der Waals surface area contributed by atoms with Crippen LogP contribution in [0.15, 0.2) is 36.9 Å². The third-order valence-corrected chi connectivity index (χ3v) is 4.16. The van der Waals surface area contributed by atoms with Gasteiger partial charge in [0, 0.05) is 30.5 Å². The molecule has 0 spiro atoms. The third-order valence-electron chi connectivity index (χ3n) is 4.16. The lowest BCUT2D eigenvalue weighted by molar-refractivity contribution is 0.460. The zero-order valence-corrected chi connectivity index (χ0v) is 12.1. The van der Waals surface area contributed by atoms with Gasteiger partial charge in [-0.3, -0.25) is 0 Å². The van der Waals surface area contributed by atoms with Crippen LogP contribution in [0.5, 0.6) is 0 Å². The Hall–Kier alpha value is -2.30. The van der Waals surface area contributed by atoms with E-state index in [1.54, 1.807) is 0 Å². The molecule has 1 aromatic carbocycles. The summed E-state index contributed by atoms with van der Waals surface area (Å²) in [4.78, 5) is 8.97. The van der Waals surface area contributed by atoms with Crippen molar-refractivity contribution in [2.75, 3.05) is 5.73 Å². The molecular formula is C16H19N5. The quantitative estimate of drug-likeness (QED) is 0.748. The first-order chi connectivity index (χ1) is 10.2. The Morgan fingerprint density at radius 2 is 2.24 bits per heavy atom. The molecule has 1 saturated carbocycles. The number of nitrogen functional groups attached to an aromatic ring is 1. The molecule has 108 valence electrons. The minimum Gasteiger partial charge on any atom is -0.399 e. The highest BCUT2D eigenvalue weighted by Crippen LogP contribution is 2.42. The molecule has 2 aromatic heterocycles. The summed E-state index contributed by atoms with van der Waals surface area (Å²) in [7, 11) is 0. The van der Waals surface area contributed by atoms with Crippen molar-refractivity contribution in [2.24, 2.45) is 0 Å². The fourth-order valence-corrected chi connectivity index (χ4v) is 3.01. The van der Waals surface area contributed by atoms with E-state index in [0.29, 0.717) is 12.0 Å². The van der Waals surface area contributed by atoms with Gasteiger partial charge in [-0.1, -0.05) is 0 Å². The number of rotatable bonds is 4. The number of fused-ring (bicyclic) bond motifs is 1. The molecule has 1 aliphatic carbocycles. The number of nitrogens with two attached hydrogens (primary N) is 1. The van der Waals surface area contributed by atoms with Crippen molar-refractivity contribution in [2.45, 2.75) is 38.3 Å². The van der Waals surface area contributed by atoms with Crippen LogP contribution in [0.25, 0.3) is 11.0 Å². The Kier molecular flexibility index (Phi) is 2.74. The second-order valence-electron chi connectivity index (χ2n) is 5.97. The van der Waals surface area contributed by atoms with Crippen LogP contribution in [-0.2, 0) is 6.54 Å². The number of anilines is 1. The van der Waals surface area contributed by atoms with E-state index in [9.17, 15) is 0 Å². The molecule has 1 atom stereocenters. The van der Waals surface area contributed by atoms with E-state index >= 15 is 0 Å². The maximum atomic E-state index is 5.90. The van der Waals surface area contributed by atoms with Crippen molar-refractivity contribution in [3.05, 3.63) is 42.7 Å².